The molecule has 2 heterocycles. The molecule has 3 N–H and O–H groups in total. The van der Waals surface area contributed by atoms with E-state index in [4.69, 9.17) is 5.73 Å². The molecular weight excluding hydrogens is 318 g/mol. The van der Waals surface area contributed by atoms with Gasteiger partial charge in [0.05, 0.1) is 17.4 Å². The second-order valence-electron chi connectivity index (χ2n) is 5.00. The Labute approximate surface area is 133 Å². The zero-order valence-corrected chi connectivity index (χ0v) is 13.4. The summed E-state index contributed by atoms with van der Waals surface area (Å²) in [4.78, 5) is 5.23. The minimum atomic E-state index is -3.19. The molecule has 2 aromatic rings. The van der Waals surface area contributed by atoms with Gasteiger partial charge in [-0.3, -0.25) is 0 Å². The highest BCUT2D eigenvalue weighted by Crippen LogP contribution is 2.27. The zero-order chi connectivity index (χ0) is 15.6. The van der Waals surface area contributed by atoms with Crippen LogP contribution in [0.15, 0.2) is 29.8 Å². The molecule has 1 aliphatic carbocycles. The molecule has 0 atom stereocenters. The van der Waals surface area contributed by atoms with Gasteiger partial charge < -0.3 is 5.73 Å². The minimum absolute atomic E-state index is 0.0848. The lowest BCUT2D eigenvalue weighted by molar-refractivity contribution is 0.584. The van der Waals surface area contributed by atoms with Crippen LogP contribution < -0.4 is 10.5 Å². The third-order valence-corrected chi connectivity index (χ3v) is 6.09. The van der Waals surface area contributed by atoms with Gasteiger partial charge in [0.25, 0.3) is 0 Å². The zero-order valence-electron chi connectivity index (χ0n) is 11.7. The van der Waals surface area contributed by atoms with Crippen LogP contribution in [0, 0.1) is 11.8 Å². The van der Waals surface area contributed by atoms with Crippen LogP contribution in [0.5, 0.6) is 0 Å². The van der Waals surface area contributed by atoms with Gasteiger partial charge in [0.15, 0.2) is 0 Å². The summed E-state index contributed by atoms with van der Waals surface area (Å²) in [5, 5.41) is 1.76. The molecule has 5 nitrogen and oxygen atoms in total. The summed E-state index contributed by atoms with van der Waals surface area (Å²) < 4.78 is 25.8. The Hall–Kier alpha value is -1.88. The number of aromatic nitrogens is 1. The van der Waals surface area contributed by atoms with Crippen LogP contribution in [0.25, 0.3) is 10.4 Å². The largest absolute Gasteiger partial charge is 0.383 e. The summed E-state index contributed by atoms with van der Waals surface area (Å²) in [5.41, 5.74) is 7.38. The molecule has 1 fully saturated rings. The molecule has 0 saturated heterocycles. The summed E-state index contributed by atoms with van der Waals surface area (Å²) >= 11 is 1.61. The first kappa shape index (κ1) is 15.0. The number of nitrogens with one attached hydrogen (secondary N) is 1. The Balaban J connectivity index is 1.72. The fourth-order valence-corrected chi connectivity index (χ4v) is 3.90. The first-order chi connectivity index (χ1) is 10.6. The van der Waals surface area contributed by atoms with E-state index < -0.39 is 10.0 Å². The van der Waals surface area contributed by atoms with E-state index in [0.717, 1.165) is 23.3 Å². The number of pyridine rings is 1. The number of thiophene rings is 1. The van der Waals surface area contributed by atoms with E-state index in [2.05, 4.69) is 21.5 Å². The molecular formula is C15H15N3O2S2. The van der Waals surface area contributed by atoms with Crippen molar-refractivity contribution in [3.8, 4) is 22.3 Å². The van der Waals surface area contributed by atoms with Crippen molar-refractivity contribution in [2.24, 2.45) is 0 Å². The number of rotatable bonds is 4. The highest BCUT2D eigenvalue weighted by Gasteiger charge is 2.34. The molecule has 0 amide bonds. The SMILES string of the molecule is Nc1ncc(-c2cccs2)cc1C#CCNS(=O)(=O)C1CC1. The van der Waals surface area contributed by atoms with Crippen LogP contribution >= 0.6 is 11.3 Å². The van der Waals surface area contributed by atoms with E-state index in [1.54, 1.807) is 17.5 Å². The Morgan fingerprint density at radius 1 is 1.45 bits per heavy atom. The molecule has 22 heavy (non-hydrogen) atoms. The average Bonchev–Trinajstić information content (AvgIpc) is 3.22. The van der Waals surface area contributed by atoms with E-state index in [1.807, 2.05) is 23.6 Å². The van der Waals surface area contributed by atoms with Gasteiger partial charge in [-0.1, -0.05) is 17.9 Å². The molecule has 3 rings (SSSR count). The summed E-state index contributed by atoms with van der Waals surface area (Å²) in [7, 11) is -3.19. The van der Waals surface area contributed by atoms with Crippen molar-refractivity contribution in [1.82, 2.24) is 9.71 Å². The van der Waals surface area contributed by atoms with Gasteiger partial charge in [0, 0.05) is 16.6 Å². The first-order valence-corrected chi connectivity index (χ1v) is 9.25. The number of hydrogen-bond acceptors (Lipinski definition) is 5. The quantitative estimate of drug-likeness (QED) is 0.836. The molecule has 0 aliphatic heterocycles. The molecule has 0 unspecified atom stereocenters. The van der Waals surface area contributed by atoms with Crippen LogP contribution in [-0.4, -0.2) is 25.2 Å². The van der Waals surface area contributed by atoms with Gasteiger partial charge in [-0.05, 0) is 30.4 Å². The van der Waals surface area contributed by atoms with Crippen molar-refractivity contribution in [1.29, 1.82) is 0 Å². The van der Waals surface area contributed by atoms with E-state index in [0.29, 0.717) is 11.4 Å². The van der Waals surface area contributed by atoms with Crippen molar-refractivity contribution in [2.75, 3.05) is 12.3 Å². The fraction of sp³-hybridized carbons (Fsp3) is 0.267. The van der Waals surface area contributed by atoms with Gasteiger partial charge in [-0.2, -0.15) is 0 Å². The molecule has 2 aromatic heterocycles. The van der Waals surface area contributed by atoms with Gasteiger partial charge in [-0.25, -0.2) is 18.1 Å². The third-order valence-electron chi connectivity index (χ3n) is 3.27. The second-order valence-corrected chi connectivity index (χ2v) is 7.99. The number of nitrogens with two attached hydrogens (primary N) is 1. The topological polar surface area (TPSA) is 85.1 Å². The highest BCUT2D eigenvalue weighted by molar-refractivity contribution is 7.90. The predicted molar refractivity (Wildman–Crippen MR) is 88.8 cm³/mol. The van der Waals surface area contributed by atoms with Crippen molar-refractivity contribution in [3.63, 3.8) is 0 Å². The predicted octanol–water partition coefficient (Wildman–Crippen LogP) is 1.83. The highest BCUT2D eigenvalue weighted by atomic mass is 32.2. The molecule has 0 spiro atoms. The molecule has 114 valence electrons. The van der Waals surface area contributed by atoms with E-state index in [1.165, 1.54) is 0 Å². The maximum Gasteiger partial charge on any atom is 0.215 e. The standard InChI is InChI=1S/C15H15N3O2S2/c16-15-11(3-1-7-18-22(19,20)13-5-6-13)9-12(10-17-15)14-4-2-8-21-14/h2,4,8-10,13,18H,5-7H2,(H2,16,17). The van der Waals surface area contributed by atoms with Crippen LogP contribution in [0.1, 0.15) is 18.4 Å². The molecule has 0 radical (unpaired) electrons. The number of hydrogen-bond donors (Lipinski definition) is 2. The molecule has 7 heteroatoms. The lowest BCUT2D eigenvalue weighted by Gasteiger charge is -2.02. The number of anilines is 1. The second kappa shape index (κ2) is 6.08. The monoisotopic (exact) mass is 333 g/mol. The van der Waals surface area contributed by atoms with Crippen molar-refractivity contribution >= 4 is 27.2 Å². The average molecular weight is 333 g/mol. The van der Waals surface area contributed by atoms with Crippen LogP contribution in [0.4, 0.5) is 5.82 Å². The molecule has 1 aliphatic rings. The first-order valence-electron chi connectivity index (χ1n) is 6.83. The van der Waals surface area contributed by atoms with Gasteiger partial charge >= 0.3 is 0 Å². The lowest BCUT2D eigenvalue weighted by atomic mass is 10.1. The van der Waals surface area contributed by atoms with Crippen molar-refractivity contribution in [3.05, 3.63) is 35.3 Å². The number of sulfonamides is 1. The van der Waals surface area contributed by atoms with Crippen molar-refractivity contribution in [2.45, 2.75) is 18.1 Å². The van der Waals surface area contributed by atoms with Crippen LogP contribution in [0.3, 0.4) is 0 Å². The van der Waals surface area contributed by atoms with Gasteiger partial charge in [0.2, 0.25) is 10.0 Å². The van der Waals surface area contributed by atoms with E-state index in [-0.39, 0.29) is 11.8 Å². The summed E-state index contributed by atoms with van der Waals surface area (Å²) in [6, 6.07) is 5.84. The molecule has 1 saturated carbocycles. The maximum atomic E-state index is 11.7. The summed E-state index contributed by atoms with van der Waals surface area (Å²) in [6.45, 7) is 0.0848. The third kappa shape index (κ3) is 3.47. The van der Waals surface area contributed by atoms with E-state index in [9.17, 15) is 8.42 Å². The van der Waals surface area contributed by atoms with Crippen LogP contribution in [-0.2, 0) is 10.0 Å². The Morgan fingerprint density at radius 3 is 2.95 bits per heavy atom. The maximum absolute atomic E-state index is 11.7. The normalized spacial score (nSPS) is 14.4. The van der Waals surface area contributed by atoms with Crippen molar-refractivity contribution < 1.29 is 8.42 Å². The Morgan fingerprint density at radius 2 is 2.27 bits per heavy atom. The fourth-order valence-electron chi connectivity index (χ4n) is 1.93. The molecule has 0 aromatic carbocycles. The Bertz CT molecular complexity index is 829. The number of nitrogen functional groups attached to an aromatic ring is 1. The summed E-state index contributed by atoms with van der Waals surface area (Å²) in [6.07, 6.45) is 3.19. The minimum Gasteiger partial charge on any atom is -0.383 e. The van der Waals surface area contributed by atoms with Gasteiger partial charge in [-0.15, -0.1) is 11.3 Å². The van der Waals surface area contributed by atoms with Gasteiger partial charge in [0.1, 0.15) is 5.82 Å². The summed E-state index contributed by atoms with van der Waals surface area (Å²) in [5.74, 6) is 6.03. The van der Waals surface area contributed by atoms with E-state index >= 15 is 0 Å². The Kier molecular flexibility index (Phi) is 4.16. The molecule has 0 bridgehead atoms. The van der Waals surface area contributed by atoms with Crippen LogP contribution in [0.2, 0.25) is 0 Å². The smallest absolute Gasteiger partial charge is 0.215 e. The number of nitrogens with zero attached hydrogens (tertiary/aromatic N) is 1. The lowest BCUT2D eigenvalue weighted by Crippen LogP contribution is -2.27.